The molecule has 2 unspecified atom stereocenters. The average Bonchev–Trinajstić information content (AvgIpc) is 2.14. The summed E-state index contributed by atoms with van der Waals surface area (Å²) in [4.78, 5) is 11.2. The van der Waals surface area contributed by atoms with E-state index < -0.39 is 11.5 Å². The number of aliphatic carboxylic acids is 1. The van der Waals surface area contributed by atoms with Gasteiger partial charge in [0, 0.05) is 6.04 Å². The van der Waals surface area contributed by atoms with Gasteiger partial charge in [0.1, 0.15) is 5.54 Å². The van der Waals surface area contributed by atoms with Crippen LogP contribution in [0.2, 0.25) is 0 Å². The van der Waals surface area contributed by atoms with Gasteiger partial charge in [-0.25, -0.2) is 0 Å². The molecule has 0 aromatic carbocycles. The summed E-state index contributed by atoms with van der Waals surface area (Å²) in [7, 11) is 0. The van der Waals surface area contributed by atoms with Crippen LogP contribution in [0.4, 0.5) is 0 Å². The maximum absolute atomic E-state index is 11.2. The lowest BCUT2D eigenvalue weighted by Crippen LogP contribution is -2.56. The number of carboxylic acids is 1. The van der Waals surface area contributed by atoms with Crippen molar-refractivity contribution in [3.63, 3.8) is 0 Å². The Kier molecular flexibility index (Phi) is 6.60. The summed E-state index contributed by atoms with van der Waals surface area (Å²) in [6.45, 7) is 9.77. The zero-order valence-electron chi connectivity index (χ0n) is 11.0. The molecular weight excluding hydrogens is 206 g/mol. The van der Waals surface area contributed by atoms with Crippen molar-refractivity contribution in [1.29, 1.82) is 0 Å². The largest absolute Gasteiger partial charge is 0.480 e. The number of carboxylic acid groups (broad SMARTS) is 1. The molecule has 0 heterocycles. The highest BCUT2D eigenvalue weighted by atomic mass is 16.5. The number of nitrogens with one attached hydrogen (secondary N) is 1. The first kappa shape index (κ1) is 15.4. The van der Waals surface area contributed by atoms with Gasteiger partial charge in [-0.15, -0.1) is 0 Å². The van der Waals surface area contributed by atoms with E-state index in [-0.39, 0.29) is 18.8 Å². The van der Waals surface area contributed by atoms with Crippen LogP contribution in [0, 0.1) is 0 Å². The van der Waals surface area contributed by atoms with E-state index in [1.54, 1.807) is 6.92 Å². The molecule has 0 aliphatic carbocycles. The quantitative estimate of drug-likeness (QED) is 0.671. The zero-order chi connectivity index (χ0) is 12.8. The van der Waals surface area contributed by atoms with Crippen molar-refractivity contribution in [3.05, 3.63) is 0 Å². The van der Waals surface area contributed by atoms with Crippen molar-refractivity contribution in [3.8, 4) is 0 Å². The standard InChI is InChI=1S/C12H25NO3/c1-6-7-10(4)16-8-12(5,11(14)15)13-9(2)3/h9-10,13H,6-8H2,1-5H3,(H,14,15). The van der Waals surface area contributed by atoms with Gasteiger partial charge in [0.05, 0.1) is 12.7 Å². The Morgan fingerprint density at radius 2 is 2.00 bits per heavy atom. The maximum Gasteiger partial charge on any atom is 0.326 e. The molecule has 0 fully saturated rings. The summed E-state index contributed by atoms with van der Waals surface area (Å²) in [5, 5.41) is 12.2. The van der Waals surface area contributed by atoms with Crippen molar-refractivity contribution in [2.75, 3.05) is 6.61 Å². The summed E-state index contributed by atoms with van der Waals surface area (Å²) in [6.07, 6.45) is 2.11. The Hall–Kier alpha value is -0.610. The molecule has 16 heavy (non-hydrogen) atoms. The first-order valence-electron chi connectivity index (χ1n) is 5.94. The number of ether oxygens (including phenoxy) is 1. The first-order chi connectivity index (χ1) is 7.31. The molecule has 0 saturated heterocycles. The fourth-order valence-corrected chi connectivity index (χ4v) is 1.60. The van der Waals surface area contributed by atoms with Gasteiger partial charge in [-0.05, 0) is 34.1 Å². The van der Waals surface area contributed by atoms with Crippen molar-refractivity contribution in [2.45, 2.75) is 65.1 Å². The van der Waals surface area contributed by atoms with Crippen molar-refractivity contribution < 1.29 is 14.6 Å². The number of rotatable bonds is 8. The van der Waals surface area contributed by atoms with Gasteiger partial charge in [-0.2, -0.15) is 0 Å². The number of carbonyl (C=O) groups is 1. The molecular formula is C12H25NO3. The predicted molar refractivity (Wildman–Crippen MR) is 64.6 cm³/mol. The number of hydrogen-bond donors (Lipinski definition) is 2. The van der Waals surface area contributed by atoms with E-state index >= 15 is 0 Å². The Labute approximate surface area is 98.4 Å². The lowest BCUT2D eigenvalue weighted by Gasteiger charge is -2.29. The molecule has 0 aromatic heterocycles. The molecule has 0 aliphatic heterocycles. The second kappa shape index (κ2) is 6.86. The van der Waals surface area contributed by atoms with Gasteiger partial charge in [0.15, 0.2) is 0 Å². The lowest BCUT2D eigenvalue weighted by molar-refractivity contribution is -0.148. The van der Waals surface area contributed by atoms with Gasteiger partial charge in [-0.1, -0.05) is 13.3 Å². The van der Waals surface area contributed by atoms with Gasteiger partial charge in [-0.3, -0.25) is 10.1 Å². The molecule has 0 rings (SSSR count). The topological polar surface area (TPSA) is 58.6 Å². The van der Waals surface area contributed by atoms with Gasteiger partial charge >= 0.3 is 5.97 Å². The van der Waals surface area contributed by atoms with Crippen molar-refractivity contribution in [2.24, 2.45) is 0 Å². The Morgan fingerprint density at radius 1 is 1.44 bits per heavy atom. The molecule has 0 spiro atoms. The van der Waals surface area contributed by atoms with Crippen LogP contribution in [0.1, 0.15) is 47.5 Å². The van der Waals surface area contributed by atoms with Crippen molar-refractivity contribution in [1.82, 2.24) is 5.32 Å². The van der Waals surface area contributed by atoms with Crippen LogP contribution >= 0.6 is 0 Å². The Bertz CT molecular complexity index is 218. The maximum atomic E-state index is 11.2. The Balaban J connectivity index is 4.28. The van der Waals surface area contributed by atoms with E-state index in [2.05, 4.69) is 12.2 Å². The first-order valence-corrected chi connectivity index (χ1v) is 5.94. The summed E-state index contributed by atoms with van der Waals surface area (Å²) in [6, 6.07) is 0.117. The van der Waals surface area contributed by atoms with Crippen LogP contribution < -0.4 is 5.32 Å². The third kappa shape index (κ3) is 5.47. The van der Waals surface area contributed by atoms with E-state index in [1.807, 2.05) is 20.8 Å². The van der Waals surface area contributed by atoms with E-state index in [0.717, 1.165) is 12.8 Å². The van der Waals surface area contributed by atoms with E-state index in [0.29, 0.717) is 0 Å². The lowest BCUT2D eigenvalue weighted by atomic mass is 10.0. The molecule has 2 atom stereocenters. The normalized spacial score (nSPS) is 17.1. The smallest absolute Gasteiger partial charge is 0.326 e. The third-order valence-corrected chi connectivity index (χ3v) is 2.43. The minimum absolute atomic E-state index is 0.109. The summed E-state index contributed by atoms with van der Waals surface area (Å²) in [5.41, 5.74) is -1.00. The van der Waals surface area contributed by atoms with Gasteiger partial charge in [0.25, 0.3) is 0 Å². The molecule has 0 amide bonds. The van der Waals surface area contributed by atoms with Crippen LogP contribution in [0.25, 0.3) is 0 Å². The molecule has 0 saturated carbocycles. The predicted octanol–water partition coefficient (Wildman–Crippen LogP) is 2.03. The highest BCUT2D eigenvalue weighted by Crippen LogP contribution is 2.10. The van der Waals surface area contributed by atoms with Crippen LogP contribution in [0.15, 0.2) is 0 Å². The molecule has 0 radical (unpaired) electrons. The minimum atomic E-state index is -1.00. The van der Waals surface area contributed by atoms with Crippen molar-refractivity contribution >= 4 is 5.97 Å². The van der Waals surface area contributed by atoms with Crippen LogP contribution in [0.5, 0.6) is 0 Å². The zero-order valence-corrected chi connectivity index (χ0v) is 11.0. The van der Waals surface area contributed by atoms with E-state index in [9.17, 15) is 9.90 Å². The highest BCUT2D eigenvalue weighted by molar-refractivity contribution is 5.78. The SMILES string of the molecule is CCCC(C)OCC(C)(NC(C)C)C(=O)O. The van der Waals surface area contributed by atoms with E-state index in [4.69, 9.17) is 4.74 Å². The van der Waals surface area contributed by atoms with Gasteiger partial charge < -0.3 is 9.84 Å². The molecule has 96 valence electrons. The van der Waals surface area contributed by atoms with Crippen LogP contribution in [-0.2, 0) is 9.53 Å². The van der Waals surface area contributed by atoms with Gasteiger partial charge in [0.2, 0.25) is 0 Å². The second-order valence-corrected chi connectivity index (χ2v) is 4.85. The highest BCUT2D eigenvalue weighted by Gasteiger charge is 2.34. The molecule has 0 aromatic rings. The van der Waals surface area contributed by atoms with E-state index in [1.165, 1.54) is 0 Å². The molecule has 0 aliphatic rings. The molecule has 0 bridgehead atoms. The summed E-state index contributed by atoms with van der Waals surface area (Å²) < 4.78 is 5.57. The van der Waals surface area contributed by atoms with Crippen LogP contribution in [-0.4, -0.2) is 35.4 Å². The Morgan fingerprint density at radius 3 is 2.38 bits per heavy atom. The summed E-state index contributed by atoms with van der Waals surface area (Å²) >= 11 is 0. The fraction of sp³-hybridized carbons (Fsp3) is 0.917. The second-order valence-electron chi connectivity index (χ2n) is 4.85. The summed E-state index contributed by atoms with van der Waals surface area (Å²) in [5.74, 6) is -0.870. The molecule has 2 N–H and O–H groups in total. The monoisotopic (exact) mass is 231 g/mol. The third-order valence-electron chi connectivity index (χ3n) is 2.43. The molecule has 4 nitrogen and oxygen atoms in total. The van der Waals surface area contributed by atoms with Crippen LogP contribution in [0.3, 0.4) is 0 Å². The molecule has 4 heteroatoms. The average molecular weight is 231 g/mol. The fourth-order valence-electron chi connectivity index (χ4n) is 1.60. The minimum Gasteiger partial charge on any atom is -0.480 e. The number of hydrogen-bond acceptors (Lipinski definition) is 3.